The van der Waals surface area contributed by atoms with Crippen molar-refractivity contribution in [2.45, 2.75) is 13.5 Å². The maximum Gasteiger partial charge on any atom is 0.258 e. The van der Waals surface area contributed by atoms with Crippen molar-refractivity contribution >= 4 is 11.3 Å². The first-order valence-electron chi connectivity index (χ1n) is 9.34. The number of anilines is 1. The lowest BCUT2D eigenvalue weighted by Crippen LogP contribution is -3.13. The largest absolute Gasteiger partial charge is 0.497 e. The van der Waals surface area contributed by atoms with Gasteiger partial charge in [0, 0.05) is 18.0 Å². The van der Waals surface area contributed by atoms with Crippen LogP contribution in [0, 0.1) is 6.92 Å². The Labute approximate surface area is 158 Å². The highest BCUT2D eigenvalue weighted by atomic mass is 16.5. The molecule has 1 aliphatic heterocycles. The van der Waals surface area contributed by atoms with Gasteiger partial charge in [0.2, 0.25) is 0 Å². The van der Waals surface area contributed by atoms with E-state index in [2.05, 4.69) is 22.0 Å². The first-order valence-corrected chi connectivity index (χ1v) is 9.34. The van der Waals surface area contributed by atoms with Crippen molar-refractivity contribution in [3.05, 3.63) is 70.3 Å². The third-order valence-corrected chi connectivity index (χ3v) is 5.20. The van der Waals surface area contributed by atoms with Crippen LogP contribution in [0.4, 0.5) is 5.69 Å². The van der Waals surface area contributed by atoms with Gasteiger partial charge < -0.3 is 14.5 Å². The van der Waals surface area contributed by atoms with Crippen LogP contribution in [-0.2, 0) is 6.54 Å². The zero-order chi connectivity index (χ0) is 18.8. The zero-order valence-corrected chi connectivity index (χ0v) is 15.8. The SMILES string of the molecule is COc1ccc(N2CC[NH+](Cc3cc(=O)n4cc(C)ccc4n3)CC2)cc1. The van der Waals surface area contributed by atoms with E-state index in [1.807, 2.05) is 37.4 Å². The number of fused-ring (bicyclic) bond motifs is 1. The van der Waals surface area contributed by atoms with Gasteiger partial charge in [-0.2, -0.15) is 0 Å². The van der Waals surface area contributed by atoms with Crippen LogP contribution in [-0.4, -0.2) is 42.7 Å². The Morgan fingerprint density at radius 2 is 1.85 bits per heavy atom. The number of nitrogens with one attached hydrogen (secondary N) is 1. The Kier molecular flexibility index (Phi) is 4.81. The second-order valence-corrected chi connectivity index (χ2v) is 7.13. The van der Waals surface area contributed by atoms with Crippen molar-refractivity contribution in [1.82, 2.24) is 9.38 Å². The molecule has 6 nitrogen and oxygen atoms in total. The number of nitrogens with zero attached hydrogens (tertiary/aromatic N) is 3. The number of quaternary nitrogens is 1. The van der Waals surface area contributed by atoms with Gasteiger partial charge in [-0.25, -0.2) is 4.98 Å². The van der Waals surface area contributed by atoms with E-state index in [1.54, 1.807) is 17.6 Å². The normalized spacial score (nSPS) is 15.3. The number of hydrogen-bond acceptors (Lipinski definition) is 4. The van der Waals surface area contributed by atoms with E-state index >= 15 is 0 Å². The quantitative estimate of drug-likeness (QED) is 0.747. The average molecular weight is 365 g/mol. The molecule has 3 aromatic rings. The van der Waals surface area contributed by atoms with Crippen LogP contribution < -0.4 is 20.1 Å². The van der Waals surface area contributed by atoms with Crippen LogP contribution in [0.2, 0.25) is 0 Å². The molecule has 0 saturated carbocycles. The smallest absolute Gasteiger partial charge is 0.258 e. The van der Waals surface area contributed by atoms with Gasteiger partial charge in [-0.05, 0) is 42.8 Å². The first-order chi connectivity index (χ1) is 13.1. The van der Waals surface area contributed by atoms with Crippen molar-refractivity contribution < 1.29 is 9.64 Å². The summed E-state index contributed by atoms with van der Waals surface area (Å²) in [6.45, 7) is 6.81. The van der Waals surface area contributed by atoms with Gasteiger partial charge in [0.15, 0.2) is 0 Å². The highest BCUT2D eigenvalue weighted by Gasteiger charge is 2.21. The van der Waals surface area contributed by atoms with Crippen LogP contribution >= 0.6 is 0 Å². The fourth-order valence-corrected chi connectivity index (χ4v) is 3.66. The van der Waals surface area contributed by atoms with Crippen LogP contribution in [0.25, 0.3) is 5.65 Å². The Morgan fingerprint density at radius 3 is 2.56 bits per heavy atom. The molecule has 1 saturated heterocycles. The summed E-state index contributed by atoms with van der Waals surface area (Å²) in [6, 6.07) is 13.8. The number of ether oxygens (including phenoxy) is 1. The van der Waals surface area contributed by atoms with Gasteiger partial charge in [0.1, 0.15) is 23.6 Å². The molecule has 0 bridgehead atoms. The molecule has 1 N–H and O–H groups in total. The lowest BCUT2D eigenvalue weighted by Gasteiger charge is -2.33. The maximum atomic E-state index is 12.4. The molecule has 0 atom stereocenters. The average Bonchev–Trinajstić information content (AvgIpc) is 2.69. The molecule has 4 rings (SSSR count). The second kappa shape index (κ2) is 7.40. The fourth-order valence-electron chi connectivity index (χ4n) is 3.66. The van der Waals surface area contributed by atoms with Gasteiger partial charge >= 0.3 is 0 Å². The number of hydrogen-bond donors (Lipinski definition) is 1. The molecule has 27 heavy (non-hydrogen) atoms. The van der Waals surface area contributed by atoms with Crippen LogP contribution in [0.3, 0.4) is 0 Å². The number of aryl methyl sites for hydroxylation is 1. The Hall–Kier alpha value is -2.86. The number of piperazine rings is 1. The summed E-state index contributed by atoms with van der Waals surface area (Å²) in [5.74, 6) is 0.881. The molecular weight excluding hydrogens is 340 g/mol. The molecule has 140 valence electrons. The maximum absolute atomic E-state index is 12.4. The summed E-state index contributed by atoms with van der Waals surface area (Å²) in [5.41, 5.74) is 3.87. The van der Waals surface area contributed by atoms with Crippen LogP contribution in [0.1, 0.15) is 11.3 Å². The highest BCUT2D eigenvalue weighted by molar-refractivity contribution is 5.49. The van der Waals surface area contributed by atoms with E-state index in [9.17, 15) is 4.79 Å². The van der Waals surface area contributed by atoms with E-state index in [-0.39, 0.29) is 5.56 Å². The van der Waals surface area contributed by atoms with Gasteiger partial charge in [-0.3, -0.25) is 9.20 Å². The summed E-state index contributed by atoms with van der Waals surface area (Å²) >= 11 is 0. The second-order valence-electron chi connectivity index (χ2n) is 7.13. The minimum atomic E-state index is -0.00466. The molecule has 2 aromatic heterocycles. The molecule has 1 fully saturated rings. The monoisotopic (exact) mass is 365 g/mol. The predicted molar refractivity (Wildman–Crippen MR) is 106 cm³/mol. The third-order valence-electron chi connectivity index (χ3n) is 5.20. The van der Waals surface area contributed by atoms with E-state index in [0.29, 0.717) is 0 Å². The van der Waals surface area contributed by atoms with Crippen molar-refractivity contribution in [2.75, 3.05) is 38.2 Å². The van der Waals surface area contributed by atoms with Crippen molar-refractivity contribution in [3.63, 3.8) is 0 Å². The number of pyridine rings is 1. The molecule has 0 spiro atoms. The molecule has 0 unspecified atom stereocenters. The summed E-state index contributed by atoms with van der Waals surface area (Å²) in [5, 5.41) is 0. The summed E-state index contributed by atoms with van der Waals surface area (Å²) in [4.78, 5) is 20.9. The first kappa shape index (κ1) is 17.5. The highest BCUT2D eigenvalue weighted by Crippen LogP contribution is 2.19. The van der Waals surface area contributed by atoms with Gasteiger partial charge in [-0.1, -0.05) is 6.07 Å². The van der Waals surface area contributed by atoms with Crippen molar-refractivity contribution in [1.29, 1.82) is 0 Å². The number of methoxy groups -OCH3 is 1. The minimum absolute atomic E-state index is 0.00466. The summed E-state index contributed by atoms with van der Waals surface area (Å²) in [6.07, 6.45) is 1.84. The standard InChI is InChI=1S/C21H24N4O2/c1-16-3-8-20-22-17(13-21(26)25(20)14-16)15-23-9-11-24(12-10-23)18-4-6-19(27-2)7-5-18/h3-8,13-14H,9-12,15H2,1-2H3/p+1. The van der Waals surface area contributed by atoms with Gasteiger partial charge in [-0.15, -0.1) is 0 Å². The molecule has 0 aliphatic carbocycles. The zero-order valence-electron chi connectivity index (χ0n) is 15.8. The van der Waals surface area contributed by atoms with Crippen molar-refractivity contribution in [3.8, 4) is 5.75 Å². The third kappa shape index (κ3) is 3.80. The van der Waals surface area contributed by atoms with Gasteiger partial charge in [0.25, 0.3) is 5.56 Å². The number of rotatable bonds is 4. The summed E-state index contributed by atoms with van der Waals surface area (Å²) in [7, 11) is 1.69. The molecule has 6 heteroatoms. The van der Waals surface area contributed by atoms with Crippen LogP contribution in [0.5, 0.6) is 5.75 Å². The Morgan fingerprint density at radius 1 is 1.11 bits per heavy atom. The van der Waals surface area contributed by atoms with E-state index in [4.69, 9.17) is 4.74 Å². The fraction of sp³-hybridized carbons (Fsp3) is 0.333. The van der Waals surface area contributed by atoms with E-state index in [1.165, 1.54) is 10.6 Å². The van der Waals surface area contributed by atoms with E-state index in [0.717, 1.165) is 55.4 Å². The number of aromatic nitrogens is 2. The summed E-state index contributed by atoms with van der Waals surface area (Å²) < 4.78 is 6.85. The molecule has 0 radical (unpaired) electrons. The Bertz CT molecular complexity index is 989. The Balaban J connectivity index is 1.42. The lowest BCUT2D eigenvalue weighted by molar-refractivity contribution is -0.914. The van der Waals surface area contributed by atoms with Gasteiger partial charge in [0.05, 0.1) is 33.3 Å². The predicted octanol–water partition coefficient (Wildman–Crippen LogP) is 0.917. The molecule has 0 amide bonds. The van der Waals surface area contributed by atoms with E-state index < -0.39 is 0 Å². The lowest BCUT2D eigenvalue weighted by atomic mass is 10.2. The molecule has 1 aliphatic rings. The van der Waals surface area contributed by atoms with Crippen molar-refractivity contribution in [2.24, 2.45) is 0 Å². The molecule has 3 heterocycles. The topological polar surface area (TPSA) is 51.3 Å². The minimum Gasteiger partial charge on any atom is -0.497 e. The molecular formula is C21H25N4O2+. The van der Waals surface area contributed by atoms with Crippen LogP contribution in [0.15, 0.2) is 53.5 Å². The molecule has 1 aromatic carbocycles. The number of benzene rings is 1.